The fourth-order valence-electron chi connectivity index (χ4n) is 4.70. The van der Waals surface area contributed by atoms with Gasteiger partial charge in [-0.3, -0.25) is 4.98 Å². The van der Waals surface area contributed by atoms with Gasteiger partial charge in [0.2, 0.25) is 0 Å². The van der Waals surface area contributed by atoms with E-state index in [0.717, 1.165) is 55.7 Å². The van der Waals surface area contributed by atoms with Gasteiger partial charge >= 0.3 is 0 Å². The lowest BCUT2D eigenvalue weighted by Gasteiger charge is -2.47. The molecule has 2 aliphatic rings. The molecule has 2 N–H and O–H groups in total. The zero-order valence-corrected chi connectivity index (χ0v) is 19.5. The van der Waals surface area contributed by atoms with Crippen LogP contribution in [-0.2, 0) is 0 Å². The first kappa shape index (κ1) is 22.6. The summed E-state index contributed by atoms with van der Waals surface area (Å²) in [5, 5.41) is 13.8. The average molecular weight is 464 g/mol. The van der Waals surface area contributed by atoms with Gasteiger partial charge < -0.3 is 20.2 Å². The summed E-state index contributed by atoms with van der Waals surface area (Å²) in [6.07, 6.45) is 7.04. The number of hydrogen-bond acceptors (Lipinski definition) is 6. The number of aliphatic hydroxyl groups excluding tert-OH is 1. The number of likely N-dealkylation sites (tertiary alicyclic amines) is 1. The van der Waals surface area contributed by atoms with E-state index < -0.39 is 0 Å². The molecule has 168 valence electrons. The number of aromatic nitrogens is 2. The van der Waals surface area contributed by atoms with Crippen LogP contribution in [0.15, 0.2) is 30.6 Å². The summed E-state index contributed by atoms with van der Waals surface area (Å²) in [5.41, 5.74) is 0.977. The molecule has 4 rings (SSSR count). The Morgan fingerprint density at radius 2 is 2.03 bits per heavy atom. The van der Waals surface area contributed by atoms with E-state index in [1.54, 1.807) is 12.3 Å². The van der Waals surface area contributed by atoms with Gasteiger partial charge in [0.15, 0.2) is 0 Å². The maximum Gasteiger partial charge on any atom is 0.149 e. The third-order valence-electron chi connectivity index (χ3n) is 6.49. The van der Waals surface area contributed by atoms with Crippen LogP contribution in [0.2, 0.25) is 10.0 Å². The Bertz CT molecular complexity index is 877. The highest BCUT2D eigenvalue weighted by atomic mass is 35.5. The summed E-state index contributed by atoms with van der Waals surface area (Å²) in [4.78, 5) is 14.0. The molecule has 0 saturated carbocycles. The van der Waals surface area contributed by atoms with Gasteiger partial charge in [-0.2, -0.15) is 0 Å². The van der Waals surface area contributed by atoms with E-state index in [2.05, 4.69) is 27.0 Å². The Labute approximate surface area is 194 Å². The number of benzene rings is 1. The van der Waals surface area contributed by atoms with Gasteiger partial charge in [-0.1, -0.05) is 29.3 Å². The van der Waals surface area contributed by atoms with E-state index in [0.29, 0.717) is 16.0 Å². The second-order valence-corrected chi connectivity index (χ2v) is 9.58. The number of hydrogen-bond donors (Lipinski definition) is 2. The molecule has 2 saturated heterocycles. The molecule has 0 unspecified atom stereocenters. The summed E-state index contributed by atoms with van der Waals surface area (Å²) in [5.74, 6) is 3.11. The van der Waals surface area contributed by atoms with E-state index in [1.165, 1.54) is 19.4 Å². The molecular formula is C23H31Cl2N5O. The largest absolute Gasteiger partial charge is 0.396 e. The zero-order valence-electron chi connectivity index (χ0n) is 18.0. The molecule has 0 bridgehead atoms. The zero-order chi connectivity index (χ0) is 21.8. The van der Waals surface area contributed by atoms with E-state index in [-0.39, 0.29) is 12.6 Å². The number of anilines is 2. The fraction of sp³-hybridized carbons (Fsp3) is 0.565. The summed E-state index contributed by atoms with van der Waals surface area (Å²) < 4.78 is 0. The van der Waals surface area contributed by atoms with Gasteiger partial charge in [-0.25, -0.2) is 4.98 Å². The minimum absolute atomic E-state index is 0.00871. The minimum Gasteiger partial charge on any atom is -0.396 e. The Kier molecular flexibility index (Phi) is 7.54. The second kappa shape index (κ2) is 10.3. The van der Waals surface area contributed by atoms with Crippen molar-refractivity contribution in [3.05, 3.63) is 46.2 Å². The van der Waals surface area contributed by atoms with Crippen molar-refractivity contribution in [2.45, 2.75) is 32.2 Å². The predicted molar refractivity (Wildman–Crippen MR) is 127 cm³/mol. The van der Waals surface area contributed by atoms with E-state index in [9.17, 15) is 0 Å². The van der Waals surface area contributed by atoms with Crippen LogP contribution in [0.5, 0.6) is 0 Å². The van der Waals surface area contributed by atoms with Crippen LogP contribution in [0.4, 0.5) is 11.6 Å². The van der Waals surface area contributed by atoms with E-state index >= 15 is 0 Å². The molecule has 2 fully saturated rings. The van der Waals surface area contributed by atoms with Crippen LogP contribution in [0.3, 0.4) is 0 Å². The summed E-state index contributed by atoms with van der Waals surface area (Å²) in [6.45, 7) is 7.75. The molecule has 0 amide bonds. The fourth-order valence-corrected chi connectivity index (χ4v) is 5.27. The van der Waals surface area contributed by atoms with Gasteiger partial charge in [0.05, 0.1) is 18.4 Å². The molecule has 0 radical (unpaired) electrons. The number of nitrogens with one attached hydrogen (secondary N) is 1. The summed E-state index contributed by atoms with van der Waals surface area (Å²) >= 11 is 12.4. The van der Waals surface area contributed by atoms with Crippen molar-refractivity contribution < 1.29 is 5.11 Å². The minimum atomic E-state index is -0.00871. The van der Waals surface area contributed by atoms with Crippen LogP contribution in [0.25, 0.3) is 0 Å². The highest BCUT2D eigenvalue weighted by Crippen LogP contribution is 2.34. The maximum atomic E-state index is 9.09. The maximum absolute atomic E-state index is 9.09. The van der Waals surface area contributed by atoms with Crippen molar-refractivity contribution in [1.29, 1.82) is 0 Å². The third kappa shape index (κ3) is 5.61. The van der Waals surface area contributed by atoms with Gasteiger partial charge in [0.1, 0.15) is 11.6 Å². The number of nitrogens with zero attached hydrogens (tertiary/aromatic N) is 4. The SMILES string of the molecule is C[C@@H](Nc1cncc(N2CC([C@@H]3CCCN(CCCO)C3)C2)n1)c1ccc(Cl)cc1Cl. The normalized spacial score (nSPS) is 21.0. The number of piperidine rings is 1. The van der Waals surface area contributed by atoms with Crippen molar-refractivity contribution in [2.24, 2.45) is 11.8 Å². The molecule has 31 heavy (non-hydrogen) atoms. The van der Waals surface area contributed by atoms with Gasteiger partial charge in [0, 0.05) is 42.8 Å². The molecule has 6 nitrogen and oxygen atoms in total. The quantitative estimate of drug-likeness (QED) is 0.601. The Morgan fingerprint density at radius 3 is 2.81 bits per heavy atom. The molecule has 2 atom stereocenters. The number of halogens is 2. The van der Waals surface area contributed by atoms with Crippen molar-refractivity contribution in [1.82, 2.24) is 14.9 Å². The summed E-state index contributed by atoms with van der Waals surface area (Å²) in [7, 11) is 0. The summed E-state index contributed by atoms with van der Waals surface area (Å²) in [6, 6.07) is 5.54. The molecule has 2 aliphatic heterocycles. The van der Waals surface area contributed by atoms with Crippen LogP contribution in [0, 0.1) is 11.8 Å². The molecule has 3 heterocycles. The third-order valence-corrected chi connectivity index (χ3v) is 7.05. The monoisotopic (exact) mass is 463 g/mol. The van der Waals surface area contributed by atoms with Crippen LogP contribution in [0.1, 0.15) is 37.8 Å². The number of rotatable bonds is 8. The molecule has 0 aliphatic carbocycles. The first-order valence-corrected chi connectivity index (χ1v) is 11.9. The second-order valence-electron chi connectivity index (χ2n) is 8.74. The van der Waals surface area contributed by atoms with Crippen molar-refractivity contribution >= 4 is 34.8 Å². The first-order chi connectivity index (χ1) is 15.0. The van der Waals surface area contributed by atoms with Crippen LogP contribution >= 0.6 is 23.2 Å². The predicted octanol–water partition coefficient (Wildman–Crippen LogP) is 4.49. The van der Waals surface area contributed by atoms with Gasteiger partial charge in [-0.15, -0.1) is 0 Å². The molecule has 0 spiro atoms. The lowest BCUT2D eigenvalue weighted by atomic mass is 9.80. The van der Waals surface area contributed by atoms with Crippen molar-refractivity contribution in [3.8, 4) is 0 Å². The Balaban J connectivity index is 1.32. The smallest absolute Gasteiger partial charge is 0.149 e. The standard InChI is InChI=1S/C23H31Cl2N5O/c1-16(20-6-5-19(24)10-21(20)25)27-22-11-26-12-23(28-22)30-14-18(15-30)17-4-2-7-29(13-17)8-3-9-31/h5-6,10-12,16-18,31H,2-4,7-9,13-15H2,1H3,(H,27,28)/t16-,17-/m1/s1. The Morgan fingerprint density at radius 1 is 1.19 bits per heavy atom. The molecule has 2 aromatic rings. The van der Waals surface area contributed by atoms with Crippen molar-refractivity contribution in [3.63, 3.8) is 0 Å². The highest BCUT2D eigenvalue weighted by Gasteiger charge is 2.36. The van der Waals surface area contributed by atoms with E-state index in [1.807, 2.05) is 18.3 Å². The van der Waals surface area contributed by atoms with Gasteiger partial charge in [-0.05, 0) is 62.3 Å². The van der Waals surface area contributed by atoms with Crippen LogP contribution < -0.4 is 10.2 Å². The van der Waals surface area contributed by atoms with Crippen LogP contribution in [-0.4, -0.2) is 59.3 Å². The molecular weight excluding hydrogens is 433 g/mol. The molecule has 1 aromatic heterocycles. The van der Waals surface area contributed by atoms with E-state index in [4.69, 9.17) is 33.3 Å². The lowest BCUT2D eigenvalue weighted by molar-refractivity contribution is 0.112. The first-order valence-electron chi connectivity index (χ1n) is 11.1. The topological polar surface area (TPSA) is 64.5 Å². The lowest BCUT2D eigenvalue weighted by Crippen LogP contribution is -2.54. The average Bonchev–Trinajstić information content (AvgIpc) is 2.72. The highest BCUT2D eigenvalue weighted by molar-refractivity contribution is 6.35. The van der Waals surface area contributed by atoms with Gasteiger partial charge in [0.25, 0.3) is 0 Å². The molecule has 8 heteroatoms. The Hall–Kier alpha value is -1.60. The molecule has 1 aromatic carbocycles. The van der Waals surface area contributed by atoms with Crippen molar-refractivity contribution in [2.75, 3.05) is 49.5 Å². The number of aliphatic hydroxyl groups is 1.